The first-order valence-corrected chi connectivity index (χ1v) is 5.83. The van der Waals surface area contributed by atoms with Crippen molar-refractivity contribution >= 4 is 16.5 Å². The van der Waals surface area contributed by atoms with Gasteiger partial charge in [0.15, 0.2) is 0 Å². The van der Waals surface area contributed by atoms with Crippen LogP contribution in [-0.2, 0) is 0 Å². The Kier molecular flexibility index (Phi) is 2.99. The zero-order valence-electron chi connectivity index (χ0n) is 10.9. The van der Waals surface area contributed by atoms with Gasteiger partial charge in [-0.15, -0.1) is 0 Å². The second-order valence-electron chi connectivity index (χ2n) is 5.19. The number of quaternary nitrogens is 1. The standard InChI is InChI=1S/C15H19N2/c1-12(16-17(2,3)4)14-10-9-13-7-5-6-8-15(13)11-14/h5-11H,1-4H3/q+1/b16-12-. The predicted octanol–water partition coefficient (Wildman–Crippen LogP) is 3.27. The summed E-state index contributed by atoms with van der Waals surface area (Å²) in [6, 6.07) is 14.9. The molecule has 0 heterocycles. The van der Waals surface area contributed by atoms with Crippen molar-refractivity contribution in [2.75, 3.05) is 21.1 Å². The molecule has 0 spiro atoms. The van der Waals surface area contributed by atoms with Crippen LogP contribution in [0, 0.1) is 0 Å². The minimum atomic E-state index is 0.596. The monoisotopic (exact) mass is 227 g/mol. The normalized spacial score (nSPS) is 13.1. The molecule has 2 rings (SSSR count). The molecule has 0 fully saturated rings. The van der Waals surface area contributed by atoms with Crippen LogP contribution >= 0.6 is 0 Å². The summed E-state index contributed by atoms with van der Waals surface area (Å²) in [5.74, 6) is 0. The van der Waals surface area contributed by atoms with E-state index in [0.717, 1.165) is 5.71 Å². The van der Waals surface area contributed by atoms with Gasteiger partial charge in [-0.05, 0) is 23.8 Å². The van der Waals surface area contributed by atoms with Crippen molar-refractivity contribution < 1.29 is 4.59 Å². The molecule has 2 aromatic rings. The van der Waals surface area contributed by atoms with Crippen LogP contribution in [0.4, 0.5) is 0 Å². The quantitative estimate of drug-likeness (QED) is 0.424. The molecule has 0 aliphatic carbocycles. The topological polar surface area (TPSA) is 12.4 Å². The summed E-state index contributed by atoms with van der Waals surface area (Å²) in [4.78, 5) is 0. The number of fused-ring (bicyclic) bond motifs is 1. The van der Waals surface area contributed by atoms with Crippen LogP contribution in [0.2, 0.25) is 0 Å². The van der Waals surface area contributed by atoms with Gasteiger partial charge in [0.05, 0.1) is 26.9 Å². The minimum absolute atomic E-state index is 0.596. The summed E-state index contributed by atoms with van der Waals surface area (Å²) in [7, 11) is 6.18. The summed E-state index contributed by atoms with van der Waals surface area (Å²) in [6.07, 6.45) is 0. The second kappa shape index (κ2) is 4.30. The lowest BCUT2D eigenvalue weighted by Crippen LogP contribution is -2.28. The van der Waals surface area contributed by atoms with Gasteiger partial charge in [-0.25, -0.2) is 4.59 Å². The Morgan fingerprint density at radius 3 is 2.24 bits per heavy atom. The van der Waals surface area contributed by atoms with E-state index in [1.54, 1.807) is 0 Å². The van der Waals surface area contributed by atoms with Crippen molar-refractivity contribution in [2.24, 2.45) is 5.10 Å². The van der Waals surface area contributed by atoms with Crippen LogP contribution in [-0.4, -0.2) is 31.4 Å². The largest absolute Gasteiger partial charge is 0.205 e. The average Bonchev–Trinajstić information content (AvgIpc) is 2.26. The SMILES string of the molecule is C/C(=N/[N+](C)(C)C)c1ccc2ccccc2c1. The maximum absolute atomic E-state index is 4.64. The van der Waals surface area contributed by atoms with E-state index in [-0.39, 0.29) is 0 Å². The molecule has 0 saturated heterocycles. The molecule has 0 amide bonds. The van der Waals surface area contributed by atoms with Crippen molar-refractivity contribution in [2.45, 2.75) is 6.92 Å². The smallest absolute Gasteiger partial charge is 0.0999 e. The molecule has 0 aliphatic heterocycles. The molecular weight excluding hydrogens is 208 g/mol. The van der Waals surface area contributed by atoms with E-state index >= 15 is 0 Å². The number of nitrogens with zero attached hydrogens (tertiary/aromatic N) is 2. The minimum Gasteiger partial charge on any atom is -0.205 e. The zero-order chi connectivity index (χ0) is 12.5. The lowest BCUT2D eigenvalue weighted by atomic mass is 10.0. The van der Waals surface area contributed by atoms with Gasteiger partial charge in [-0.2, -0.15) is 0 Å². The predicted molar refractivity (Wildman–Crippen MR) is 74.2 cm³/mol. The Hall–Kier alpha value is -1.67. The molecular formula is C15H19N2+. The van der Waals surface area contributed by atoms with Gasteiger partial charge >= 0.3 is 0 Å². The highest BCUT2D eigenvalue weighted by molar-refractivity contribution is 6.01. The number of benzene rings is 2. The molecule has 0 aromatic heterocycles. The maximum Gasteiger partial charge on any atom is 0.0999 e. The molecule has 17 heavy (non-hydrogen) atoms. The van der Waals surface area contributed by atoms with Crippen molar-refractivity contribution in [3.63, 3.8) is 0 Å². The van der Waals surface area contributed by atoms with Crippen molar-refractivity contribution in [3.05, 3.63) is 48.0 Å². The van der Waals surface area contributed by atoms with E-state index in [9.17, 15) is 0 Å². The van der Waals surface area contributed by atoms with Crippen molar-refractivity contribution in [3.8, 4) is 0 Å². The van der Waals surface area contributed by atoms with Gasteiger partial charge in [-0.1, -0.05) is 41.5 Å². The lowest BCUT2D eigenvalue weighted by molar-refractivity contribution is -0.877. The van der Waals surface area contributed by atoms with Crippen LogP contribution < -0.4 is 0 Å². The second-order valence-corrected chi connectivity index (χ2v) is 5.19. The fraction of sp³-hybridized carbons (Fsp3) is 0.267. The Labute approximate surface area is 103 Å². The molecule has 2 nitrogen and oxygen atoms in total. The number of rotatable bonds is 2. The molecule has 0 saturated carbocycles. The summed E-state index contributed by atoms with van der Waals surface area (Å²) in [5.41, 5.74) is 2.26. The highest BCUT2D eigenvalue weighted by Gasteiger charge is 2.07. The van der Waals surface area contributed by atoms with Gasteiger partial charge in [0.25, 0.3) is 0 Å². The van der Waals surface area contributed by atoms with E-state index < -0.39 is 0 Å². The van der Waals surface area contributed by atoms with E-state index in [1.165, 1.54) is 16.3 Å². The lowest BCUT2D eigenvalue weighted by Gasteiger charge is -2.16. The van der Waals surface area contributed by atoms with Gasteiger partial charge in [0.1, 0.15) is 0 Å². The summed E-state index contributed by atoms with van der Waals surface area (Å²) in [5, 5.41) is 7.18. The average molecular weight is 227 g/mol. The molecule has 0 N–H and O–H groups in total. The first-order valence-electron chi connectivity index (χ1n) is 5.83. The zero-order valence-corrected chi connectivity index (χ0v) is 10.9. The summed E-state index contributed by atoms with van der Waals surface area (Å²) >= 11 is 0. The van der Waals surface area contributed by atoms with Crippen LogP contribution in [0.1, 0.15) is 12.5 Å². The highest BCUT2D eigenvalue weighted by atomic mass is 15.6. The molecule has 88 valence electrons. The van der Waals surface area contributed by atoms with E-state index in [1.807, 2.05) is 0 Å². The van der Waals surface area contributed by atoms with Crippen molar-refractivity contribution in [1.29, 1.82) is 0 Å². The molecule has 0 bridgehead atoms. The number of hydrogen-bond acceptors (Lipinski definition) is 1. The maximum atomic E-state index is 4.64. The Morgan fingerprint density at radius 1 is 0.941 bits per heavy atom. The number of hydrogen-bond donors (Lipinski definition) is 0. The fourth-order valence-electron chi connectivity index (χ4n) is 1.92. The van der Waals surface area contributed by atoms with Crippen LogP contribution in [0.5, 0.6) is 0 Å². The Morgan fingerprint density at radius 2 is 1.59 bits per heavy atom. The van der Waals surface area contributed by atoms with E-state index in [0.29, 0.717) is 4.59 Å². The van der Waals surface area contributed by atoms with E-state index in [2.05, 4.69) is 75.6 Å². The third-order valence-electron chi connectivity index (χ3n) is 2.62. The van der Waals surface area contributed by atoms with Gasteiger partial charge in [-0.3, -0.25) is 0 Å². The van der Waals surface area contributed by atoms with Crippen molar-refractivity contribution in [1.82, 2.24) is 0 Å². The molecule has 2 aromatic carbocycles. The third-order valence-corrected chi connectivity index (χ3v) is 2.62. The highest BCUT2D eigenvalue weighted by Crippen LogP contribution is 2.16. The van der Waals surface area contributed by atoms with Crippen LogP contribution in [0.3, 0.4) is 0 Å². The van der Waals surface area contributed by atoms with Gasteiger partial charge in [0.2, 0.25) is 0 Å². The first-order chi connectivity index (χ1) is 7.96. The summed E-state index contributed by atoms with van der Waals surface area (Å²) < 4.78 is 0.596. The fourth-order valence-corrected chi connectivity index (χ4v) is 1.92. The molecule has 0 aliphatic rings. The van der Waals surface area contributed by atoms with Gasteiger partial charge < -0.3 is 0 Å². The summed E-state index contributed by atoms with van der Waals surface area (Å²) in [6.45, 7) is 2.06. The first kappa shape index (κ1) is 11.8. The molecule has 0 atom stereocenters. The van der Waals surface area contributed by atoms with Gasteiger partial charge in [0, 0.05) is 5.56 Å². The van der Waals surface area contributed by atoms with Crippen LogP contribution in [0.25, 0.3) is 10.8 Å². The van der Waals surface area contributed by atoms with Crippen LogP contribution in [0.15, 0.2) is 47.6 Å². The molecule has 2 heteroatoms. The Balaban J connectivity index is 2.47. The molecule has 0 radical (unpaired) electrons. The van der Waals surface area contributed by atoms with E-state index in [4.69, 9.17) is 0 Å². The Bertz CT molecular complexity index is 562. The third kappa shape index (κ3) is 2.92. The molecule has 0 unspecified atom stereocenters.